The van der Waals surface area contributed by atoms with Gasteiger partial charge in [0.25, 0.3) is 0 Å². The van der Waals surface area contributed by atoms with Crippen molar-refractivity contribution in [2.45, 2.75) is 73.0 Å². The van der Waals surface area contributed by atoms with Gasteiger partial charge in [-0.05, 0) is 73.6 Å². The van der Waals surface area contributed by atoms with Crippen LogP contribution < -0.4 is 0 Å². The Balaban J connectivity index is 4.76. The first-order valence-corrected chi connectivity index (χ1v) is 9.97. The van der Waals surface area contributed by atoms with Crippen LogP contribution in [0.25, 0.3) is 0 Å². The Bertz CT molecular complexity index is 540. The fourth-order valence-electron chi connectivity index (χ4n) is 2.45. The van der Waals surface area contributed by atoms with Gasteiger partial charge in [-0.1, -0.05) is 25.2 Å². The van der Waals surface area contributed by atoms with Crippen molar-refractivity contribution in [3.63, 3.8) is 0 Å². The summed E-state index contributed by atoms with van der Waals surface area (Å²) in [5, 5.41) is 4.15. The third-order valence-corrected chi connectivity index (χ3v) is 4.93. The van der Waals surface area contributed by atoms with Crippen LogP contribution in [0.1, 0.15) is 61.3 Å². The zero-order valence-corrected chi connectivity index (χ0v) is 19.5. The minimum atomic E-state index is 0.133. The molecule has 156 valence electrons. The van der Waals surface area contributed by atoms with Crippen molar-refractivity contribution in [2.24, 2.45) is 0 Å². The van der Waals surface area contributed by atoms with E-state index in [0.717, 1.165) is 25.1 Å². The van der Waals surface area contributed by atoms with E-state index < -0.39 is 0 Å². The molecular weight excluding hydrogens is 334 g/mol. The lowest BCUT2D eigenvalue weighted by atomic mass is 9.99. The molecule has 0 aliphatic carbocycles. The van der Waals surface area contributed by atoms with Crippen LogP contribution in [0.2, 0.25) is 0 Å². The lowest BCUT2D eigenvalue weighted by Gasteiger charge is -2.35. The Labute approximate surface area is 168 Å². The van der Waals surface area contributed by atoms with Crippen LogP contribution in [0.5, 0.6) is 0 Å². The van der Waals surface area contributed by atoms with Gasteiger partial charge >= 0.3 is 0 Å². The zero-order valence-electron chi connectivity index (χ0n) is 19.5. The number of hydrogen-bond donors (Lipinski definition) is 0. The first kappa shape index (κ1) is 25.5. The minimum absolute atomic E-state index is 0.133. The smallest absolute Gasteiger partial charge is 0.112 e. The number of rotatable bonds is 12. The first-order valence-electron chi connectivity index (χ1n) is 9.97. The van der Waals surface area contributed by atoms with E-state index in [1.54, 1.807) is 0 Å². The van der Waals surface area contributed by atoms with Crippen molar-refractivity contribution in [3.8, 4) is 0 Å². The van der Waals surface area contributed by atoms with Gasteiger partial charge in [-0.15, -0.1) is 0 Å². The zero-order chi connectivity index (χ0) is 21.2. The van der Waals surface area contributed by atoms with Crippen LogP contribution in [0.4, 0.5) is 0 Å². The van der Waals surface area contributed by atoms with E-state index >= 15 is 0 Å². The van der Waals surface area contributed by atoms with E-state index in [1.807, 2.05) is 38.2 Å². The molecule has 0 fully saturated rings. The summed E-state index contributed by atoms with van der Waals surface area (Å²) in [5.41, 5.74) is 2.53. The van der Waals surface area contributed by atoms with Gasteiger partial charge in [-0.2, -0.15) is 0 Å². The number of allylic oxidation sites excluding steroid dienone is 4. The predicted octanol–water partition coefficient (Wildman–Crippen LogP) is 5.58. The fourth-order valence-corrected chi connectivity index (χ4v) is 2.45. The molecule has 0 radical (unpaired) electrons. The summed E-state index contributed by atoms with van der Waals surface area (Å²) in [4.78, 5) is 2.40. The topological polar surface area (TPSA) is 19.0 Å². The van der Waals surface area contributed by atoms with E-state index in [-0.39, 0.29) is 11.6 Å². The molecule has 1 unspecified atom stereocenters. The van der Waals surface area contributed by atoms with Crippen LogP contribution in [-0.4, -0.2) is 54.2 Å². The second kappa shape index (κ2) is 12.0. The van der Waals surface area contributed by atoms with Crippen molar-refractivity contribution in [1.29, 1.82) is 0 Å². The quantitative estimate of drug-likeness (QED) is 0.251. The predicted molar refractivity (Wildman–Crippen MR) is 119 cm³/mol. The molecular formula is C23H43N3O. The van der Waals surface area contributed by atoms with Gasteiger partial charge in [0, 0.05) is 32.4 Å². The Morgan fingerprint density at radius 2 is 1.74 bits per heavy atom. The maximum Gasteiger partial charge on any atom is 0.112 e. The van der Waals surface area contributed by atoms with Crippen LogP contribution in [0.3, 0.4) is 0 Å². The van der Waals surface area contributed by atoms with Crippen LogP contribution in [-0.2, 0) is 4.74 Å². The minimum Gasteiger partial charge on any atom is -0.491 e. The molecule has 1 atom stereocenters. The average Bonchev–Trinajstić information content (AvgIpc) is 2.58. The summed E-state index contributed by atoms with van der Waals surface area (Å²) in [6.45, 7) is 20.2. The maximum absolute atomic E-state index is 5.98. The number of hydrazine groups is 1. The molecule has 0 aliphatic rings. The Morgan fingerprint density at radius 1 is 1.15 bits per heavy atom. The van der Waals surface area contributed by atoms with Gasteiger partial charge in [0.2, 0.25) is 0 Å². The van der Waals surface area contributed by atoms with Gasteiger partial charge < -0.3 is 9.64 Å². The summed E-state index contributed by atoms with van der Waals surface area (Å²) in [6, 6.07) is 0. The molecule has 0 spiro atoms. The maximum atomic E-state index is 5.98. The fraction of sp³-hybridized carbons (Fsp3) is 0.652. The number of ether oxygens (including phenoxy) is 1. The molecule has 27 heavy (non-hydrogen) atoms. The van der Waals surface area contributed by atoms with E-state index in [0.29, 0.717) is 5.76 Å². The molecule has 4 nitrogen and oxygen atoms in total. The van der Waals surface area contributed by atoms with Gasteiger partial charge in [-0.3, -0.25) is 5.01 Å². The van der Waals surface area contributed by atoms with Crippen molar-refractivity contribution in [1.82, 2.24) is 14.9 Å². The second-order valence-corrected chi connectivity index (χ2v) is 8.22. The second-order valence-electron chi connectivity index (χ2n) is 8.22. The highest BCUT2D eigenvalue weighted by Crippen LogP contribution is 2.18. The third kappa shape index (κ3) is 9.83. The van der Waals surface area contributed by atoms with Crippen molar-refractivity contribution in [3.05, 3.63) is 48.0 Å². The lowest BCUT2D eigenvalue weighted by molar-refractivity contribution is 0.0928. The van der Waals surface area contributed by atoms with E-state index in [1.165, 1.54) is 5.57 Å². The van der Waals surface area contributed by atoms with Crippen LogP contribution in [0, 0.1) is 0 Å². The molecule has 0 N–H and O–H groups in total. The molecule has 0 saturated carbocycles. The van der Waals surface area contributed by atoms with E-state index in [2.05, 4.69) is 77.4 Å². The summed E-state index contributed by atoms with van der Waals surface area (Å²) in [5.74, 6) is 0.690. The molecule has 0 heterocycles. The number of hydrogen-bond acceptors (Lipinski definition) is 4. The first-order chi connectivity index (χ1) is 12.4. The monoisotopic (exact) mass is 377 g/mol. The summed E-state index contributed by atoms with van der Waals surface area (Å²) in [7, 11) is 6.24. The third-order valence-electron chi connectivity index (χ3n) is 4.93. The average molecular weight is 378 g/mol. The summed E-state index contributed by atoms with van der Waals surface area (Å²) in [6.07, 6.45) is 10.4. The highest BCUT2D eigenvalue weighted by atomic mass is 16.5. The number of nitrogens with zero attached hydrogens (tertiary/aromatic N) is 3. The normalized spacial score (nSPS) is 14.0. The molecule has 0 aromatic heterocycles. The Morgan fingerprint density at radius 3 is 2.19 bits per heavy atom. The van der Waals surface area contributed by atoms with Gasteiger partial charge in [0.05, 0.1) is 11.8 Å². The van der Waals surface area contributed by atoms with Crippen molar-refractivity contribution < 1.29 is 4.74 Å². The molecule has 4 heteroatoms. The molecule has 0 rings (SSSR count). The summed E-state index contributed by atoms with van der Waals surface area (Å²) >= 11 is 0. The van der Waals surface area contributed by atoms with Gasteiger partial charge in [0.15, 0.2) is 0 Å². The molecule has 0 aliphatic heterocycles. The molecule has 0 saturated heterocycles. The van der Waals surface area contributed by atoms with Gasteiger partial charge in [0.1, 0.15) is 5.76 Å². The Hall–Kier alpha value is -1.52. The molecule has 0 bridgehead atoms. The molecule has 0 aromatic rings. The lowest BCUT2D eigenvalue weighted by Crippen LogP contribution is -2.41. The largest absolute Gasteiger partial charge is 0.491 e. The molecule has 0 amide bonds. The van der Waals surface area contributed by atoms with Crippen molar-refractivity contribution >= 4 is 0 Å². The van der Waals surface area contributed by atoms with Crippen molar-refractivity contribution in [2.75, 3.05) is 27.7 Å². The van der Waals surface area contributed by atoms with Gasteiger partial charge in [-0.25, -0.2) is 5.01 Å². The Kier molecular flexibility index (Phi) is 11.4. The van der Waals surface area contributed by atoms with Crippen LogP contribution in [0.15, 0.2) is 48.0 Å². The van der Waals surface area contributed by atoms with E-state index in [9.17, 15) is 0 Å². The highest BCUT2D eigenvalue weighted by Gasteiger charge is 2.21. The summed E-state index contributed by atoms with van der Waals surface area (Å²) < 4.78 is 5.98. The van der Waals surface area contributed by atoms with Crippen LogP contribution >= 0.6 is 0 Å². The highest BCUT2D eigenvalue weighted by molar-refractivity contribution is 5.24. The van der Waals surface area contributed by atoms with E-state index in [4.69, 9.17) is 4.74 Å². The standard InChI is InChI=1S/C23H43N3O/c1-12-22(26(24(9)10)18-19(3)4)15-14-20(5)27-21(6)16-17-25(11)23(7,8)13-2/h12,14-15,18,21H,5,13,16-17H2,1-4,6-11H3/b15-14-,22-12+. The SMILES string of the molecule is C=C(/C=C\C(=C/C)N(C=C(C)C)N(C)C)OC(C)CCN(C)C(C)(C)CC. The molecule has 0 aromatic carbocycles.